The molecule has 0 spiro atoms. The zero-order chi connectivity index (χ0) is 34.7. The minimum atomic E-state index is -0.783. The van der Waals surface area contributed by atoms with Crippen LogP contribution in [0.1, 0.15) is 51.4 Å². The molecule has 7 heteroatoms. The largest absolute Gasteiger partial charge is 0.457 e. The summed E-state index contributed by atoms with van der Waals surface area (Å²) in [5.41, 5.74) is 9.04. The molecule has 4 aromatic carbocycles. The van der Waals surface area contributed by atoms with Gasteiger partial charge in [0.05, 0.1) is 5.57 Å². The Kier molecular flexibility index (Phi) is 10.2. The van der Waals surface area contributed by atoms with Crippen molar-refractivity contribution in [3.8, 4) is 45.6 Å². The van der Waals surface area contributed by atoms with Gasteiger partial charge in [0.25, 0.3) is 0 Å². The van der Waals surface area contributed by atoms with E-state index in [2.05, 4.69) is 37.4 Å². The van der Waals surface area contributed by atoms with Crippen LogP contribution in [0.2, 0.25) is 0 Å². The Morgan fingerprint density at radius 1 is 0.511 bits per heavy atom. The van der Waals surface area contributed by atoms with E-state index in [1.807, 2.05) is 67.5 Å². The van der Waals surface area contributed by atoms with E-state index in [0.717, 1.165) is 56.0 Å². The number of rotatable bonds is 10. The number of aldehydes is 1. The van der Waals surface area contributed by atoms with Crippen molar-refractivity contribution < 1.29 is 33.3 Å². The van der Waals surface area contributed by atoms with E-state index in [4.69, 9.17) is 18.9 Å². The minimum Gasteiger partial charge on any atom is -0.457 e. The maximum atomic E-state index is 12.1. The standard InChI is InChI=1S/C40H40O7/c1-21(2)39(42)46-37-26(7)16-33(17-27(37)8)44-35-22(3)12-31(13-23(35)4)32-14-24(5)36(25(6)15-32)45-34-18-28(9)38(29(10)19-34)47-40(43)30(11)20-41/h12-20H,1,11H2,2-10H3. The van der Waals surface area contributed by atoms with Crippen molar-refractivity contribution in [1.29, 1.82) is 0 Å². The molecule has 0 amide bonds. The zero-order valence-electron chi connectivity index (χ0n) is 28.5. The van der Waals surface area contributed by atoms with Crippen LogP contribution in [0.3, 0.4) is 0 Å². The molecule has 0 aliphatic heterocycles. The van der Waals surface area contributed by atoms with Crippen molar-refractivity contribution in [3.63, 3.8) is 0 Å². The molecule has 0 atom stereocenters. The number of carbonyl (C=O) groups excluding carboxylic acids is 3. The van der Waals surface area contributed by atoms with Gasteiger partial charge in [-0.05, 0) is 166 Å². The van der Waals surface area contributed by atoms with E-state index >= 15 is 0 Å². The van der Waals surface area contributed by atoms with Crippen molar-refractivity contribution in [1.82, 2.24) is 0 Å². The smallest absolute Gasteiger partial charge is 0.346 e. The minimum absolute atomic E-state index is 0.247. The van der Waals surface area contributed by atoms with Gasteiger partial charge >= 0.3 is 11.9 Å². The fourth-order valence-electron chi connectivity index (χ4n) is 5.44. The monoisotopic (exact) mass is 632 g/mol. The molecule has 0 aromatic heterocycles. The van der Waals surface area contributed by atoms with Gasteiger partial charge < -0.3 is 18.9 Å². The molecule has 47 heavy (non-hydrogen) atoms. The first-order valence-corrected chi connectivity index (χ1v) is 15.1. The highest BCUT2D eigenvalue weighted by Gasteiger charge is 2.18. The second-order valence-corrected chi connectivity index (χ2v) is 12.1. The van der Waals surface area contributed by atoms with Gasteiger partial charge in [-0.15, -0.1) is 0 Å². The third kappa shape index (κ3) is 7.69. The SMILES string of the molecule is C=C(C)C(=O)Oc1c(C)cc(Oc2c(C)cc(-c3cc(C)c(Oc4cc(C)c(OC(=O)C(=C)C=O)c(C)c4)c(C)c3)cc2C)cc1C. The van der Waals surface area contributed by atoms with Gasteiger partial charge in [0.15, 0.2) is 6.29 Å². The third-order valence-electron chi connectivity index (χ3n) is 7.70. The maximum absolute atomic E-state index is 12.1. The lowest BCUT2D eigenvalue weighted by molar-refractivity contribution is -0.131. The van der Waals surface area contributed by atoms with E-state index < -0.39 is 11.9 Å². The first-order chi connectivity index (χ1) is 22.1. The summed E-state index contributed by atoms with van der Waals surface area (Å²) in [4.78, 5) is 35.0. The quantitative estimate of drug-likeness (QED) is 0.0430. The lowest BCUT2D eigenvalue weighted by atomic mass is 9.96. The number of carbonyl (C=O) groups is 3. The molecule has 242 valence electrons. The number of benzene rings is 4. The molecule has 0 N–H and O–H groups in total. The van der Waals surface area contributed by atoms with Crippen LogP contribution < -0.4 is 18.9 Å². The predicted octanol–water partition coefficient (Wildman–Crippen LogP) is 9.55. The zero-order valence-corrected chi connectivity index (χ0v) is 28.5. The summed E-state index contributed by atoms with van der Waals surface area (Å²) in [6.45, 7) is 24.1. The number of aryl methyl sites for hydroxylation is 8. The maximum Gasteiger partial charge on any atom is 0.346 e. The van der Waals surface area contributed by atoms with Crippen LogP contribution in [0.4, 0.5) is 0 Å². The van der Waals surface area contributed by atoms with Crippen molar-refractivity contribution in [2.75, 3.05) is 0 Å². The molecule has 0 unspecified atom stereocenters. The Morgan fingerprint density at radius 2 is 0.809 bits per heavy atom. The number of hydrogen-bond donors (Lipinski definition) is 0. The average molecular weight is 633 g/mol. The van der Waals surface area contributed by atoms with Gasteiger partial charge in [-0.2, -0.15) is 0 Å². The van der Waals surface area contributed by atoms with Crippen LogP contribution in [-0.4, -0.2) is 18.2 Å². The van der Waals surface area contributed by atoms with Crippen LogP contribution in [0.25, 0.3) is 11.1 Å². The second kappa shape index (κ2) is 13.9. The first-order valence-electron chi connectivity index (χ1n) is 15.1. The second-order valence-electron chi connectivity index (χ2n) is 12.1. The van der Waals surface area contributed by atoms with Crippen LogP contribution in [0.15, 0.2) is 72.8 Å². The van der Waals surface area contributed by atoms with Gasteiger partial charge in [-0.25, -0.2) is 9.59 Å². The third-order valence-corrected chi connectivity index (χ3v) is 7.70. The first kappa shape index (κ1) is 34.4. The van der Waals surface area contributed by atoms with Gasteiger partial charge in [0.1, 0.15) is 34.5 Å². The van der Waals surface area contributed by atoms with Crippen molar-refractivity contribution in [2.24, 2.45) is 0 Å². The molecular formula is C40H40O7. The van der Waals surface area contributed by atoms with Crippen LogP contribution in [-0.2, 0) is 14.4 Å². The molecule has 0 saturated carbocycles. The summed E-state index contributed by atoms with van der Waals surface area (Å²) in [5.74, 6) is 2.41. The summed E-state index contributed by atoms with van der Waals surface area (Å²) < 4.78 is 23.6. The van der Waals surface area contributed by atoms with Gasteiger partial charge in [-0.3, -0.25) is 4.79 Å². The summed E-state index contributed by atoms with van der Waals surface area (Å²) >= 11 is 0. The molecule has 4 aromatic rings. The Bertz CT molecular complexity index is 1870. The highest BCUT2D eigenvalue weighted by Crippen LogP contribution is 2.39. The van der Waals surface area contributed by atoms with Gasteiger partial charge in [-0.1, -0.05) is 13.2 Å². The van der Waals surface area contributed by atoms with Gasteiger partial charge in [0, 0.05) is 5.57 Å². The molecule has 4 rings (SSSR count). The van der Waals surface area contributed by atoms with E-state index in [0.29, 0.717) is 46.0 Å². The Morgan fingerprint density at radius 3 is 1.11 bits per heavy atom. The topological polar surface area (TPSA) is 88.1 Å². The van der Waals surface area contributed by atoms with Crippen molar-refractivity contribution in [2.45, 2.75) is 62.3 Å². The number of esters is 2. The Hall–Kier alpha value is -5.43. The average Bonchev–Trinajstić information content (AvgIpc) is 2.99. The van der Waals surface area contributed by atoms with Crippen LogP contribution in [0, 0.1) is 55.4 Å². The van der Waals surface area contributed by atoms with E-state index in [1.165, 1.54) is 0 Å². The molecule has 0 fully saturated rings. The highest BCUT2D eigenvalue weighted by molar-refractivity contribution is 6.07. The van der Waals surface area contributed by atoms with Crippen LogP contribution in [0.5, 0.6) is 34.5 Å². The lowest BCUT2D eigenvalue weighted by Gasteiger charge is -2.18. The van der Waals surface area contributed by atoms with E-state index in [9.17, 15) is 14.4 Å². The summed E-state index contributed by atoms with van der Waals surface area (Å²) in [5, 5.41) is 0. The van der Waals surface area contributed by atoms with E-state index in [-0.39, 0.29) is 5.57 Å². The molecule has 0 aliphatic carbocycles. The van der Waals surface area contributed by atoms with Crippen molar-refractivity contribution in [3.05, 3.63) is 117 Å². The molecule has 0 aliphatic rings. The fraction of sp³-hybridized carbons (Fsp3) is 0.225. The van der Waals surface area contributed by atoms with Crippen LogP contribution >= 0.6 is 0 Å². The Balaban J connectivity index is 1.57. The molecule has 0 radical (unpaired) electrons. The predicted molar refractivity (Wildman–Crippen MR) is 184 cm³/mol. The fourth-order valence-corrected chi connectivity index (χ4v) is 5.44. The molecular weight excluding hydrogens is 592 g/mol. The molecule has 7 nitrogen and oxygen atoms in total. The highest BCUT2D eigenvalue weighted by atomic mass is 16.5. The normalized spacial score (nSPS) is 10.7. The summed E-state index contributed by atoms with van der Waals surface area (Å²) in [7, 11) is 0. The number of ether oxygens (including phenoxy) is 4. The molecule has 0 bridgehead atoms. The number of hydrogen-bond acceptors (Lipinski definition) is 7. The van der Waals surface area contributed by atoms with E-state index in [1.54, 1.807) is 19.1 Å². The summed E-state index contributed by atoms with van der Waals surface area (Å²) in [6.07, 6.45) is 0.375. The van der Waals surface area contributed by atoms with Crippen molar-refractivity contribution >= 4 is 18.2 Å². The summed E-state index contributed by atoms with van der Waals surface area (Å²) in [6, 6.07) is 15.7. The molecule has 0 heterocycles. The molecule has 0 saturated heterocycles. The Labute approximate surface area is 276 Å². The van der Waals surface area contributed by atoms with Gasteiger partial charge in [0.2, 0.25) is 0 Å². The lowest BCUT2D eigenvalue weighted by Crippen LogP contribution is -2.12.